The van der Waals surface area contributed by atoms with Crippen LogP contribution in [0.3, 0.4) is 0 Å². The van der Waals surface area contributed by atoms with E-state index < -0.39 is 23.8 Å². The molecule has 1 aromatic heterocycles. The minimum Gasteiger partial charge on any atom is -0.458 e. The molecule has 0 amide bonds. The molecule has 6 nitrogen and oxygen atoms in total. The molecule has 1 aliphatic rings. The number of ether oxygens (including phenoxy) is 1. The SMILES string of the molecule is N#CC1=C(N)Oc2c(oc(CO)cc2=O)[C@H]1c1cc(Br)ccc1F. The number of allylic oxidation sites excluding steroid dienone is 1. The fourth-order valence-electron chi connectivity index (χ4n) is 2.51. The van der Waals surface area contributed by atoms with Gasteiger partial charge >= 0.3 is 0 Å². The van der Waals surface area contributed by atoms with Gasteiger partial charge in [0.15, 0.2) is 5.76 Å². The predicted molar refractivity (Wildman–Crippen MR) is 84.3 cm³/mol. The molecule has 1 atom stereocenters. The summed E-state index contributed by atoms with van der Waals surface area (Å²) in [4.78, 5) is 12.2. The molecule has 122 valence electrons. The highest BCUT2D eigenvalue weighted by Gasteiger charge is 2.36. The van der Waals surface area contributed by atoms with Gasteiger partial charge in [0.25, 0.3) is 0 Å². The molecule has 1 aromatic carbocycles. The molecule has 3 rings (SSSR count). The van der Waals surface area contributed by atoms with Crippen LogP contribution in [0.1, 0.15) is 23.0 Å². The number of nitriles is 1. The van der Waals surface area contributed by atoms with Crippen molar-refractivity contribution in [2.45, 2.75) is 12.5 Å². The largest absolute Gasteiger partial charge is 0.458 e. The van der Waals surface area contributed by atoms with Crippen LogP contribution in [0.4, 0.5) is 4.39 Å². The highest BCUT2D eigenvalue weighted by molar-refractivity contribution is 9.10. The summed E-state index contributed by atoms with van der Waals surface area (Å²) in [6.45, 7) is -0.530. The van der Waals surface area contributed by atoms with Crippen LogP contribution < -0.4 is 15.9 Å². The molecule has 1 aliphatic heterocycles. The molecule has 0 fully saturated rings. The van der Waals surface area contributed by atoms with Gasteiger partial charge in [0.05, 0.1) is 5.92 Å². The minimum absolute atomic E-state index is 0.0273. The van der Waals surface area contributed by atoms with Gasteiger partial charge in [-0.15, -0.1) is 0 Å². The monoisotopic (exact) mass is 392 g/mol. The van der Waals surface area contributed by atoms with Crippen LogP contribution in [-0.2, 0) is 6.61 Å². The van der Waals surface area contributed by atoms with E-state index in [-0.39, 0.29) is 34.3 Å². The first-order chi connectivity index (χ1) is 11.5. The molecule has 0 unspecified atom stereocenters. The molecule has 0 radical (unpaired) electrons. The van der Waals surface area contributed by atoms with Crippen molar-refractivity contribution < 1.29 is 18.7 Å². The molecule has 2 heterocycles. The summed E-state index contributed by atoms with van der Waals surface area (Å²) in [6, 6.07) is 7.10. The summed E-state index contributed by atoms with van der Waals surface area (Å²) < 4.78 is 25.6. The van der Waals surface area contributed by atoms with Gasteiger partial charge in [-0.05, 0) is 18.2 Å². The third-order valence-electron chi connectivity index (χ3n) is 3.55. The number of aliphatic hydroxyl groups is 1. The molecule has 0 spiro atoms. The number of benzene rings is 1. The van der Waals surface area contributed by atoms with Gasteiger partial charge in [0, 0.05) is 16.1 Å². The zero-order valence-electron chi connectivity index (χ0n) is 12.0. The second-order valence-electron chi connectivity index (χ2n) is 5.02. The number of hydrogen-bond acceptors (Lipinski definition) is 6. The van der Waals surface area contributed by atoms with Gasteiger partial charge in [0.1, 0.15) is 29.8 Å². The number of nitrogens with zero attached hydrogens (tertiary/aromatic N) is 1. The van der Waals surface area contributed by atoms with Crippen molar-refractivity contribution in [3.8, 4) is 11.8 Å². The molecule has 3 N–H and O–H groups in total. The Morgan fingerprint density at radius 1 is 1.42 bits per heavy atom. The van der Waals surface area contributed by atoms with E-state index in [1.54, 1.807) is 0 Å². The number of nitrogens with two attached hydrogens (primary N) is 1. The summed E-state index contributed by atoms with van der Waals surface area (Å²) in [7, 11) is 0. The lowest BCUT2D eigenvalue weighted by Crippen LogP contribution is -2.25. The Morgan fingerprint density at radius 2 is 2.17 bits per heavy atom. The fraction of sp³-hybridized carbons (Fsp3) is 0.125. The van der Waals surface area contributed by atoms with Crippen molar-refractivity contribution in [1.82, 2.24) is 0 Å². The molecule has 0 aliphatic carbocycles. The average molecular weight is 393 g/mol. The lowest BCUT2D eigenvalue weighted by Gasteiger charge is -2.25. The van der Waals surface area contributed by atoms with Crippen LogP contribution in [0, 0.1) is 17.1 Å². The lowest BCUT2D eigenvalue weighted by molar-refractivity contribution is 0.231. The van der Waals surface area contributed by atoms with E-state index in [0.29, 0.717) is 4.47 Å². The van der Waals surface area contributed by atoms with Gasteiger partial charge in [0.2, 0.25) is 17.1 Å². The third kappa shape index (κ3) is 2.58. The van der Waals surface area contributed by atoms with Crippen LogP contribution >= 0.6 is 15.9 Å². The Hall–Kier alpha value is -2.63. The van der Waals surface area contributed by atoms with Crippen LogP contribution in [0.2, 0.25) is 0 Å². The number of fused-ring (bicyclic) bond motifs is 1. The van der Waals surface area contributed by atoms with Crippen molar-refractivity contribution >= 4 is 15.9 Å². The molecule has 2 aromatic rings. The average Bonchev–Trinajstić information content (AvgIpc) is 2.56. The zero-order valence-corrected chi connectivity index (χ0v) is 13.6. The van der Waals surface area contributed by atoms with E-state index >= 15 is 0 Å². The van der Waals surface area contributed by atoms with Crippen molar-refractivity contribution in [1.29, 1.82) is 5.26 Å². The number of hydrogen-bond donors (Lipinski definition) is 2. The Labute approximate surface area is 143 Å². The Morgan fingerprint density at radius 3 is 2.83 bits per heavy atom. The molecule has 24 heavy (non-hydrogen) atoms. The second-order valence-corrected chi connectivity index (χ2v) is 5.93. The summed E-state index contributed by atoms with van der Waals surface area (Å²) >= 11 is 3.24. The molecule has 0 saturated carbocycles. The van der Waals surface area contributed by atoms with E-state index in [1.807, 2.05) is 6.07 Å². The molecule has 0 bridgehead atoms. The summed E-state index contributed by atoms with van der Waals surface area (Å²) in [5, 5.41) is 18.6. The van der Waals surface area contributed by atoms with Crippen molar-refractivity contribution in [2.24, 2.45) is 5.73 Å². The van der Waals surface area contributed by atoms with E-state index in [1.165, 1.54) is 18.2 Å². The van der Waals surface area contributed by atoms with E-state index in [4.69, 9.17) is 14.9 Å². The minimum atomic E-state index is -1.06. The number of halogens is 2. The smallest absolute Gasteiger partial charge is 0.228 e. The highest BCUT2D eigenvalue weighted by Crippen LogP contribution is 2.42. The predicted octanol–water partition coefficient (Wildman–Crippen LogP) is 2.25. The van der Waals surface area contributed by atoms with Gasteiger partial charge in [-0.1, -0.05) is 15.9 Å². The quantitative estimate of drug-likeness (QED) is 0.810. The van der Waals surface area contributed by atoms with Gasteiger partial charge in [-0.25, -0.2) is 4.39 Å². The Balaban J connectivity index is 2.35. The van der Waals surface area contributed by atoms with E-state index in [0.717, 1.165) is 6.07 Å². The lowest BCUT2D eigenvalue weighted by atomic mass is 9.87. The van der Waals surface area contributed by atoms with Gasteiger partial charge in [-0.3, -0.25) is 4.79 Å². The summed E-state index contributed by atoms with van der Waals surface area (Å²) in [5.41, 5.74) is 5.15. The first-order valence-electron chi connectivity index (χ1n) is 6.76. The topological polar surface area (TPSA) is 109 Å². The molecule has 8 heteroatoms. The van der Waals surface area contributed by atoms with Gasteiger partial charge in [-0.2, -0.15) is 5.26 Å². The van der Waals surface area contributed by atoms with Crippen molar-refractivity contribution in [2.75, 3.05) is 0 Å². The standard InChI is InChI=1S/C16H10BrFN2O4/c17-7-1-2-11(18)9(3-7)13-10(5-19)16(20)24-14-12(22)4-8(6-21)23-15(13)14/h1-4,13,21H,6,20H2/t13-/m0/s1. The van der Waals surface area contributed by atoms with Crippen molar-refractivity contribution in [3.63, 3.8) is 0 Å². The molecular formula is C16H10BrFN2O4. The van der Waals surface area contributed by atoms with E-state index in [9.17, 15) is 19.6 Å². The Bertz CT molecular complexity index is 962. The van der Waals surface area contributed by atoms with Crippen LogP contribution in [0.25, 0.3) is 0 Å². The second kappa shape index (κ2) is 6.11. The van der Waals surface area contributed by atoms with Crippen LogP contribution in [-0.4, -0.2) is 5.11 Å². The van der Waals surface area contributed by atoms with Crippen LogP contribution in [0.5, 0.6) is 5.75 Å². The third-order valence-corrected chi connectivity index (χ3v) is 4.05. The van der Waals surface area contributed by atoms with E-state index in [2.05, 4.69) is 15.9 Å². The maximum absolute atomic E-state index is 14.4. The summed E-state index contributed by atoms with van der Waals surface area (Å²) in [6.07, 6.45) is 0. The number of rotatable bonds is 2. The van der Waals surface area contributed by atoms with Crippen LogP contribution in [0.15, 0.2) is 49.4 Å². The molecule has 0 saturated heterocycles. The normalized spacial score (nSPS) is 16.3. The summed E-state index contributed by atoms with van der Waals surface area (Å²) in [5.74, 6) is -2.29. The fourth-order valence-corrected chi connectivity index (χ4v) is 2.89. The first-order valence-corrected chi connectivity index (χ1v) is 7.56. The number of aliphatic hydroxyl groups excluding tert-OH is 1. The first kappa shape index (κ1) is 16.2. The zero-order chi connectivity index (χ0) is 17.4. The maximum Gasteiger partial charge on any atom is 0.228 e. The van der Waals surface area contributed by atoms with Gasteiger partial charge < -0.3 is 20.0 Å². The highest BCUT2D eigenvalue weighted by atomic mass is 79.9. The molecular weight excluding hydrogens is 383 g/mol. The van der Waals surface area contributed by atoms with Crippen molar-refractivity contribution in [3.05, 3.63) is 73.3 Å². The maximum atomic E-state index is 14.4. The Kier molecular flexibility index (Phi) is 4.13.